The maximum Gasteiger partial charge on any atom is 0.321 e. The van der Waals surface area contributed by atoms with Crippen LogP contribution in [0.3, 0.4) is 0 Å². The SMILES string of the molecule is CCNc1nc(Cl)nc(NCC)n1.CN(C)C(=O)Nc1ccc(Cl)c(Cl)c1. The lowest BCUT2D eigenvalue weighted by Crippen LogP contribution is -2.27. The number of urea groups is 1. The van der Waals surface area contributed by atoms with Crippen molar-refractivity contribution in [1.82, 2.24) is 19.9 Å². The number of aromatic nitrogens is 3. The fraction of sp³-hybridized carbons (Fsp3) is 0.375. The van der Waals surface area contributed by atoms with E-state index in [-0.39, 0.29) is 11.3 Å². The molecule has 0 aliphatic heterocycles. The van der Waals surface area contributed by atoms with Crippen LogP contribution >= 0.6 is 34.8 Å². The Hall–Kier alpha value is -2.03. The first-order valence-corrected chi connectivity index (χ1v) is 9.22. The van der Waals surface area contributed by atoms with E-state index in [1.165, 1.54) is 4.90 Å². The number of carbonyl (C=O) groups is 1. The molecule has 11 heteroatoms. The van der Waals surface area contributed by atoms with E-state index in [0.29, 0.717) is 27.6 Å². The number of benzene rings is 1. The number of rotatable bonds is 5. The highest BCUT2D eigenvalue weighted by atomic mass is 35.5. The first kappa shape index (κ1) is 23.0. The summed E-state index contributed by atoms with van der Waals surface area (Å²) in [6.07, 6.45) is 0. The molecule has 1 heterocycles. The number of nitrogens with one attached hydrogen (secondary N) is 3. The summed E-state index contributed by atoms with van der Waals surface area (Å²) in [5, 5.41) is 9.66. The van der Waals surface area contributed by atoms with Gasteiger partial charge in [0.15, 0.2) is 0 Å². The topological polar surface area (TPSA) is 95.1 Å². The van der Waals surface area contributed by atoms with Crippen molar-refractivity contribution < 1.29 is 4.79 Å². The average Bonchev–Trinajstić information content (AvgIpc) is 2.59. The Balaban J connectivity index is 0.000000271. The van der Waals surface area contributed by atoms with Gasteiger partial charge in [-0.15, -0.1) is 0 Å². The Morgan fingerprint density at radius 3 is 1.96 bits per heavy atom. The van der Waals surface area contributed by atoms with Crippen LogP contribution in [0.4, 0.5) is 22.4 Å². The summed E-state index contributed by atoms with van der Waals surface area (Å²) in [7, 11) is 3.32. The fourth-order valence-corrected chi connectivity index (χ4v) is 2.09. The minimum atomic E-state index is -0.205. The molecule has 0 bridgehead atoms. The van der Waals surface area contributed by atoms with Crippen LogP contribution in [0.2, 0.25) is 15.3 Å². The summed E-state index contributed by atoms with van der Waals surface area (Å²) in [6.45, 7) is 5.44. The average molecular weight is 435 g/mol. The normalized spacial score (nSPS) is 9.74. The second kappa shape index (κ2) is 11.6. The van der Waals surface area contributed by atoms with E-state index >= 15 is 0 Å². The van der Waals surface area contributed by atoms with Gasteiger partial charge >= 0.3 is 6.03 Å². The van der Waals surface area contributed by atoms with Gasteiger partial charge in [-0.1, -0.05) is 23.2 Å². The molecule has 2 rings (SSSR count). The van der Waals surface area contributed by atoms with E-state index in [9.17, 15) is 4.79 Å². The second-order valence-corrected chi connectivity index (χ2v) is 6.42. The zero-order valence-corrected chi connectivity index (χ0v) is 17.7. The standard InChI is InChI=1S/C9H10Cl2N2O.C7H12ClN5/c1-13(2)9(14)12-6-3-4-7(10)8(11)5-6;1-3-9-6-11-5(8)12-7(13-6)10-4-2/h3-5H,1-2H3,(H,12,14);3-4H2,1-2H3,(H2,9,10,11,12,13). The van der Waals surface area contributed by atoms with Gasteiger partial charge in [0.05, 0.1) is 10.0 Å². The molecular formula is C16H22Cl3N7O. The van der Waals surface area contributed by atoms with E-state index in [2.05, 4.69) is 30.9 Å². The Morgan fingerprint density at radius 2 is 1.52 bits per heavy atom. The molecule has 0 fully saturated rings. The maximum atomic E-state index is 11.2. The quantitative estimate of drug-likeness (QED) is 0.642. The largest absolute Gasteiger partial charge is 0.354 e. The van der Waals surface area contributed by atoms with Crippen LogP contribution in [0.5, 0.6) is 0 Å². The third-order valence-electron chi connectivity index (χ3n) is 2.85. The maximum absolute atomic E-state index is 11.2. The zero-order valence-electron chi connectivity index (χ0n) is 15.5. The molecule has 0 saturated carbocycles. The third-order valence-corrected chi connectivity index (χ3v) is 3.76. The third kappa shape index (κ3) is 8.47. The molecule has 2 aromatic rings. The van der Waals surface area contributed by atoms with Crippen molar-refractivity contribution >= 4 is 58.4 Å². The van der Waals surface area contributed by atoms with Crippen LogP contribution in [0.25, 0.3) is 0 Å². The van der Waals surface area contributed by atoms with E-state index in [4.69, 9.17) is 34.8 Å². The molecule has 8 nitrogen and oxygen atoms in total. The molecule has 0 unspecified atom stereocenters. The van der Waals surface area contributed by atoms with Crippen molar-refractivity contribution in [2.45, 2.75) is 13.8 Å². The summed E-state index contributed by atoms with van der Waals surface area (Å²) < 4.78 is 0. The number of anilines is 3. The lowest BCUT2D eigenvalue weighted by Gasteiger charge is -2.12. The van der Waals surface area contributed by atoms with Crippen molar-refractivity contribution in [3.63, 3.8) is 0 Å². The molecule has 0 aliphatic carbocycles. The van der Waals surface area contributed by atoms with Crippen molar-refractivity contribution in [3.8, 4) is 0 Å². The molecule has 0 spiro atoms. The lowest BCUT2D eigenvalue weighted by molar-refractivity contribution is 0.230. The number of hydrogen-bond acceptors (Lipinski definition) is 6. The molecule has 148 valence electrons. The zero-order chi connectivity index (χ0) is 20.4. The van der Waals surface area contributed by atoms with Gasteiger partial charge in [0.2, 0.25) is 17.2 Å². The van der Waals surface area contributed by atoms with Crippen LogP contribution in [-0.2, 0) is 0 Å². The number of carbonyl (C=O) groups excluding carboxylic acids is 1. The smallest absolute Gasteiger partial charge is 0.321 e. The Morgan fingerprint density at radius 1 is 0.963 bits per heavy atom. The molecule has 1 aromatic heterocycles. The monoisotopic (exact) mass is 433 g/mol. The van der Waals surface area contributed by atoms with Gasteiger partial charge in [0.1, 0.15) is 0 Å². The summed E-state index contributed by atoms with van der Waals surface area (Å²) in [5.74, 6) is 0.997. The van der Waals surface area contributed by atoms with Gasteiger partial charge in [-0.05, 0) is 43.6 Å². The van der Waals surface area contributed by atoms with E-state index in [0.717, 1.165) is 13.1 Å². The fourth-order valence-electron chi connectivity index (χ4n) is 1.63. The van der Waals surface area contributed by atoms with Gasteiger partial charge in [0.25, 0.3) is 0 Å². The van der Waals surface area contributed by atoms with E-state index in [1.54, 1.807) is 32.3 Å². The number of hydrogen-bond donors (Lipinski definition) is 3. The molecular weight excluding hydrogens is 413 g/mol. The van der Waals surface area contributed by atoms with Gasteiger partial charge in [0, 0.05) is 32.9 Å². The Labute approximate surface area is 173 Å². The summed E-state index contributed by atoms with van der Waals surface area (Å²) >= 11 is 17.2. The highest BCUT2D eigenvalue weighted by Gasteiger charge is 2.05. The molecule has 1 aromatic carbocycles. The number of amides is 2. The molecule has 0 atom stereocenters. The van der Waals surface area contributed by atoms with Crippen molar-refractivity contribution in [2.75, 3.05) is 43.1 Å². The van der Waals surface area contributed by atoms with Gasteiger partial charge in [-0.2, -0.15) is 15.0 Å². The molecule has 3 N–H and O–H groups in total. The van der Waals surface area contributed by atoms with Crippen LogP contribution in [-0.4, -0.2) is 53.1 Å². The lowest BCUT2D eigenvalue weighted by atomic mass is 10.3. The molecule has 2 amide bonds. The number of halogens is 3. The number of nitrogens with zero attached hydrogens (tertiary/aromatic N) is 4. The van der Waals surface area contributed by atoms with Crippen molar-refractivity contribution in [2.24, 2.45) is 0 Å². The molecule has 0 saturated heterocycles. The second-order valence-electron chi connectivity index (χ2n) is 5.27. The van der Waals surface area contributed by atoms with Crippen molar-refractivity contribution in [1.29, 1.82) is 0 Å². The van der Waals surface area contributed by atoms with Crippen molar-refractivity contribution in [3.05, 3.63) is 33.5 Å². The highest BCUT2D eigenvalue weighted by molar-refractivity contribution is 6.42. The van der Waals surface area contributed by atoms with Gasteiger partial charge in [-0.3, -0.25) is 0 Å². The Bertz CT molecular complexity index is 735. The Kier molecular flexibility index (Phi) is 9.92. The highest BCUT2D eigenvalue weighted by Crippen LogP contribution is 2.24. The first-order chi connectivity index (χ1) is 12.8. The van der Waals surface area contributed by atoms with Crippen LogP contribution in [0.15, 0.2) is 18.2 Å². The van der Waals surface area contributed by atoms with Gasteiger partial charge in [-0.25, -0.2) is 4.79 Å². The molecule has 0 radical (unpaired) electrons. The summed E-state index contributed by atoms with van der Waals surface area (Å²) in [6, 6.07) is 4.72. The first-order valence-electron chi connectivity index (χ1n) is 8.09. The molecule has 27 heavy (non-hydrogen) atoms. The van der Waals surface area contributed by atoms with Crippen LogP contribution in [0, 0.1) is 0 Å². The van der Waals surface area contributed by atoms with Crippen LogP contribution in [0.1, 0.15) is 13.8 Å². The van der Waals surface area contributed by atoms with Gasteiger partial charge < -0.3 is 20.9 Å². The predicted octanol–water partition coefficient (Wildman–Crippen LogP) is 4.48. The molecule has 0 aliphatic rings. The van der Waals surface area contributed by atoms with Crippen LogP contribution < -0.4 is 16.0 Å². The predicted molar refractivity (Wildman–Crippen MR) is 112 cm³/mol. The van der Waals surface area contributed by atoms with E-state index < -0.39 is 0 Å². The van der Waals surface area contributed by atoms with E-state index in [1.807, 2.05) is 13.8 Å². The summed E-state index contributed by atoms with van der Waals surface area (Å²) in [4.78, 5) is 24.6. The minimum Gasteiger partial charge on any atom is -0.354 e. The summed E-state index contributed by atoms with van der Waals surface area (Å²) in [5.41, 5.74) is 0.623. The minimum absolute atomic E-state index is 0.196.